The van der Waals surface area contributed by atoms with Gasteiger partial charge in [-0.05, 0) is 43.4 Å². The van der Waals surface area contributed by atoms with Gasteiger partial charge in [-0.25, -0.2) is 4.98 Å². The predicted molar refractivity (Wildman–Crippen MR) is 90.9 cm³/mol. The van der Waals surface area contributed by atoms with Gasteiger partial charge in [-0.15, -0.1) is 0 Å². The van der Waals surface area contributed by atoms with E-state index in [1.807, 2.05) is 0 Å². The maximum Gasteiger partial charge on any atom is 0.129 e. The maximum atomic E-state index is 4.93. The van der Waals surface area contributed by atoms with Crippen molar-refractivity contribution in [2.75, 3.05) is 11.4 Å². The quantitative estimate of drug-likeness (QED) is 0.747. The van der Waals surface area contributed by atoms with Crippen LogP contribution in [0.3, 0.4) is 0 Å². The summed E-state index contributed by atoms with van der Waals surface area (Å²) in [5.41, 5.74) is 2.62. The average Bonchev–Trinajstić information content (AvgIpc) is 3.27. The lowest BCUT2D eigenvalue weighted by Gasteiger charge is -2.24. The molecule has 118 valence electrons. The fourth-order valence-corrected chi connectivity index (χ4v) is 2.70. The van der Waals surface area contributed by atoms with Crippen LogP contribution >= 0.6 is 0 Å². The Bertz CT molecular complexity index is 438. The van der Waals surface area contributed by atoms with Crippen molar-refractivity contribution in [3.05, 3.63) is 23.4 Å². The maximum absolute atomic E-state index is 4.93. The number of aromatic nitrogens is 1. The molecule has 0 amide bonds. The summed E-state index contributed by atoms with van der Waals surface area (Å²) in [6, 6.07) is 5.83. The molecule has 3 heteroatoms. The Morgan fingerprint density at radius 1 is 1.24 bits per heavy atom. The van der Waals surface area contributed by atoms with Crippen LogP contribution in [0.5, 0.6) is 0 Å². The molecule has 0 saturated heterocycles. The first-order chi connectivity index (χ1) is 10.1. The predicted octanol–water partition coefficient (Wildman–Crippen LogP) is 3.91. The Labute approximate surface area is 130 Å². The van der Waals surface area contributed by atoms with Crippen molar-refractivity contribution >= 4 is 5.82 Å². The van der Waals surface area contributed by atoms with Crippen LogP contribution in [0.2, 0.25) is 0 Å². The van der Waals surface area contributed by atoms with Crippen LogP contribution < -0.4 is 10.2 Å². The monoisotopic (exact) mass is 289 g/mol. The SMILES string of the molecule is CCCc1cc(CNC(C)C)cc(N(CCC)C2CC2)n1. The summed E-state index contributed by atoms with van der Waals surface area (Å²) in [6.07, 6.45) is 6.09. The van der Waals surface area contributed by atoms with E-state index in [0.29, 0.717) is 6.04 Å². The van der Waals surface area contributed by atoms with E-state index in [1.54, 1.807) is 0 Å². The Hall–Kier alpha value is -1.09. The van der Waals surface area contributed by atoms with Crippen LogP contribution in [0, 0.1) is 0 Å². The van der Waals surface area contributed by atoms with E-state index in [-0.39, 0.29) is 0 Å². The van der Waals surface area contributed by atoms with Crippen LogP contribution in [-0.4, -0.2) is 23.6 Å². The van der Waals surface area contributed by atoms with Gasteiger partial charge in [0.2, 0.25) is 0 Å². The van der Waals surface area contributed by atoms with Crippen molar-refractivity contribution < 1.29 is 0 Å². The van der Waals surface area contributed by atoms with Crippen molar-refractivity contribution in [2.45, 2.75) is 78.4 Å². The van der Waals surface area contributed by atoms with Crippen LogP contribution in [0.1, 0.15) is 64.6 Å². The van der Waals surface area contributed by atoms with Gasteiger partial charge in [0.05, 0.1) is 0 Å². The molecule has 1 N–H and O–H groups in total. The molecule has 0 unspecified atom stereocenters. The van der Waals surface area contributed by atoms with Crippen LogP contribution in [0.25, 0.3) is 0 Å². The van der Waals surface area contributed by atoms with E-state index in [1.165, 1.54) is 36.3 Å². The normalized spacial score (nSPS) is 14.7. The molecule has 0 radical (unpaired) electrons. The van der Waals surface area contributed by atoms with Crippen LogP contribution in [-0.2, 0) is 13.0 Å². The fraction of sp³-hybridized carbons (Fsp3) is 0.722. The third-order valence-electron chi connectivity index (χ3n) is 3.89. The van der Waals surface area contributed by atoms with Crippen LogP contribution in [0.15, 0.2) is 12.1 Å². The molecule has 1 aliphatic rings. The third kappa shape index (κ3) is 4.99. The molecule has 0 bridgehead atoms. The minimum atomic E-state index is 0.520. The summed E-state index contributed by atoms with van der Waals surface area (Å²) in [4.78, 5) is 7.45. The fourth-order valence-electron chi connectivity index (χ4n) is 2.70. The molecule has 3 nitrogen and oxygen atoms in total. The zero-order chi connectivity index (χ0) is 15.2. The highest BCUT2D eigenvalue weighted by molar-refractivity contribution is 5.45. The second kappa shape index (κ2) is 7.79. The molecular formula is C18H31N3. The molecule has 1 heterocycles. The highest BCUT2D eigenvalue weighted by atomic mass is 15.2. The number of hydrogen-bond donors (Lipinski definition) is 1. The number of nitrogens with one attached hydrogen (secondary N) is 1. The number of pyridine rings is 1. The lowest BCUT2D eigenvalue weighted by Crippen LogP contribution is -2.28. The Morgan fingerprint density at radius 3 is 2.57 bits per heavy atom. The lowest BCUT2D eigenvalue weighted by molar-refractivity contribution is 0.587. The van der Waals surface area contributed by atoms with Gasteiger partial charge in [0.25, 0.3) is 0 Å². The summed E-state index contributed by atoms with van der Waals surface area (Å²) in [5.74, 6) is 1.20. The molecule has 0 atom stereocenters. The van der Waals surface area contributed by atoms with Crippen molar-refractivity contribution in [2.24, 2.45) is 0 Å². The van der Waals surface area contributed by atoms with Gasteiger partial charge in [0, 0.05) is 30.9 Å². The minimum Gasteiger partial charge on any atom is -0.354 e. The van der Waals surface area contributed by atoms with Gasteiger partial charge < -0.3 is 10.2 Å². The van der Waals surface area contributed by atoms with Gasteiger partial charge >= 0.3 is 0 Å². The average molecular weight is 289 g/mol. The van der Waals surface area contributed by atoms with E-state index < -0.39 is 0 Å². The number of anilines is 1. The second-order valence-electron chi connectivity index (χ2n) is 6.54. The van der Waals surface area contributed by atoms with Crippen molar-refractivity contribution in [3.8, 4) is 0 Å². The Morgan fingerprint density at radius 2 is 2.00 bits per heavy atom. The zero-order valence-electron chi connectivity index (χ0n) is 14.2. The number of hydrogen-bond acceptors (Lipinski definition) is 3. The summed E-state index contributed by atoms with van der Waals surface area (Å²) in [5, 5.41) is 3.53. The molecule has 2 rings (SSSR count). The first-order valence-corrected chi connectivity index (χ1v) is 8.63. The first kappa shape index (κ1) is 16.3. The number of aryl methyl sites for hydroxylation is 1. The van der Waals surface area contributed by atoms with Gasteiger partial charge in [0.15, 0.2) is 0 Å². The van der Waals surface area contributed by atoms with Crippen molar-refractivity contribution in [3.63, 3.8) is 0 Å². The minimum absolute atomic E-state index is 0.520. The standard InChI is InChI=1S/C18H31N3/c1-5-7-16-11-15(13-19-14(3)4)12-18(20-16)21(10-6-2)17-8-9-17/h11-12,14,17,19H,5-10,13H2,1-4H3. The molecule has 1 fully saturated rings. The van der Waals surface area contributed by atoms with Crippen LogP contribution in [0.4, 0.5) is 5.82 Å². The highest BCUT2D eigenvalue weighted by Crippen LogP contribution is 2.31. The number of rotatable bonds is 9. The van der Waals surface area contributed by atoms with E-state index in [9.17, 15) is 0 Å². The van der Waals surface area contributed by atoms with Gasteiger partial charge in [-0.1, -0.05) is 34.1 Å². The van der Waals surface area contributed by atoms with Gasteiger partial charge in [-0.3, -0.25) is 0 Å². The Kier molecular flexibility index (Phi) is 6.04. The molecule has 1 aromatic heterocycles. The smallest absolute Gasteiger partial charge is 0.129 e. The molecule has 0 spiro atoms. The van der Waals surface area contributed by atoms with E-state index >= 15 is 0 Å². The molecule has 1 aliphatic carbocycles. The summed E-state index contributed by atoms with van der Waals surface area (Å²) < 4.78 is 0. The van der Waals surface area contributed by atoms with Gasteiger partial charge in [0.1, 0.15) is 5.82 Å². The van der Waals surface area contributed by atoms with Crippen molar-refractivity contribution in [1.29, 1.82) is 0 Å². The molecule has 21 heavy (non-hydrogen) atoms. The van der Waals surface area contributed by atoms with Crippen molar-refractivity contribution in [1.82, 2.24) is 10.3 Å². The molecule has 0 aromatic carbocycles. The zero-order valence-corrected chi connectivity index (χ0v) is 14.2. The van der Waals surface area contributed by atoms with E-state index in [2.05, 4.69) is 50.0 Å². The lowest BCUT2D eigenvalue weighted by atomic mass is 10.1. The number of nitrogens with zero attached hydrogens (tertiary/aromatic N) is 2. The topological polar surface area (TPSA) is 28.2 Å². The molecule has 1 aromatic rings. The van der Waals surface area contributed by atoms with E-state index in [4.69, 9.17) is 4.98 Å². The summed E-state index contributed by atoms with van der Waals surface area (Å²) in [7, 11) is 0. The Balaban J connectivity index is 2.20. The molecular weight excluding hydrogens is 258 g/mol. The third-order valence-corrected chi connectivity index (χ3v) is 3.89. The highest BCUT2D eigenvalue weighted by Gasteiger charge is 2.29. The summed E-state index contributed by atoms with van der Waals surface area (Å²) >= 11 is 0. The molecule has 1 saturated carbocycles. The second-order valence-corrected chi connectivity index (χ2v) is 6.54. The molecule has 0 aliphatic heterocycles. The van der Waals surface area contributed by atoms with Gasteiger partial charge in [-0.2, -0.15) is 0 Å². The largest absolute Gasteiger partial charge is 0.354 e. The summed E-state index contributed by atoms with van der Waals surface area (Å²) in [6.45, 7) is 10.9. The first-order valence-electron chi connectivity index (χ1n) is 8.63. The van der Waals surface area contributed by atoms with E-state index in [0.717, 1.165) is 32.0 Å².